The molecule has 1 aromatic carbocycles. The van der Waals surface area contributed by atoms with Crippen molar-refractivity contribution >= 4 is 45.7 Å². The molecule has 0 spiro atoms. The lowest BCUT2D eigenvalue weighted by Gasteiger charge is -2.18. The molecule has 0 radical (unpaired) electrons. The Morgan fingerprint density at radius 2 is 2.06 bits per heavy atom. The summed E-state index contributed by atoms with van der Waals surface area (Å²) in [4.78, 5) is 23.4. The number of nitrogens with one attached hydrogen (secondary N) is 3. The van der Waals surface area contributed by atoms with Crippen LogP contribution in [0.1, 0.15) is 24.9 Å². The first-order valence-corrected chi connectivity index (χ1v) is 10.9. The number of rotatable bonds is 6. The zero-order chi connectivity index (χ0) is 25.0. The average molecular weight is 509 g/mol. The molecule has 4 aromatic rings. The predicted molar refractivity (Wildman–Crippen MR) is 119 cm³/mol. The number of benzene rings is 1. The number of aromatic amines is 1. The van der Waals surface area contributed by atoms with Crippen molar-refractivity contribution in [2.45, 2.75) is 32.0 Å². The van der Waals surface area contributed by atoms with Crippen molar-refractivity contribution in [3.63, 3.8) is 0 Å². The van der Waals surface area contributed by atoms with Crippen LogP contribution in [0.2, 0.25) is 5.02 Å². The molecular formula is C22H17ClF4N6O2. The molecule has 3 atom stereocenters. The summed E-state index contributed by atoms with van der Waals surface area (Å²) in [6, 6.07) is 3.74. The second-order valence-electron chi connectivity index (χ2n) is 8.27. The molecule has 1 aliphatic rings. The molecule has 8 nitrogen and oxygen atoms in total. The molecule has 3 heterocycles. The summed E-state index contributed by atoms with van der Waals surface area (Å²) >= 11 is 6.40. The zero-order valence-electron chi connectivity index (χ0n) is 18.0. The topological polar surface area (TPSA) is 104 Å². The predicted octanol–water partition coefficient (Wildman–Crippen LogP) is 4.41. The Morgan fingerprint density at radius 3 is 2.74 bits per heavy atom. The highest BCUT2D eigenvalue weighted by Gasteiger charge is 2.43. The van der Waals surface area contributed by atoms with Crippen LogP contribution in [0.15, 0.2) is 30.6 Å². The zero-order valence-corrected chi connectivity index (χ0v) is 18.7. The third-order valence-electron chi connectivity index (χ3n) is 5.87. The van der Waals surface area contributed by atoms with E-state index < -0.39 is 42.2 Å². The summed E-state index contributed by atoms with van der Waals surface area (Å²) in [7, 11) is 0. The van der Waals surface area contributed by atoms with Crippen LogP contribution in [0.3, 0.4) is 0 Å². The van der Waals surface area contributed by atoms with Gasteiger partial charge in [0, 0.05) is 28.8 Å². The Morgan fingerprint density at radius 1 is 1.31 bits per heavy atom. The maximum Gasteiger partial charge on any atom is 0.315 e. The molecule has 0 aliphatic heterocycles. The Labute approximate surface area is 199 Å². The number of carbonyl (C=O) groups excluding carboxylic acids is 2. The van der Waals surface area contributed by atoms with Gasteiger partial charge in [0.25, 0.3) is 5.91 Å². The number of pyridine rings is 1. The van der Waals surface area contributed by atoms with E-state index in [9.17, 15) is 22.8 Å². The van der Waals surface area contributed by atoms with Crippen LogP contribution < -0.4 is 10.6 Å². The second-order valence-corrected chi connectivity index (χ2v) is 8.65. The number of fused-ring (bicyclic) bond motifs is 2. The number of carbonyl (C=O) groups is 2. The fraction of sp³-hybridized carbons (Fsp3) is 0.273. The fourth-order valence-electron chi connectivity index (χ4n) is 4.04. The maximum atomic E-state index is 15.4. The molecule has 3 N–H and O–H groups in total. The molecule has 2 amide bonds. The molecule has 1 fully saturated rings. The van der Waals surface area contributed by atoms with Gasteiger partial charge < -0.3 is 10.6 Å². The van der Waals surface area contributed by atoms with E-state index in [1.165, 1.54) is 17.6 Å². The van der Waals surface area contributed by atoms with Crippen LogP contribution in [0.5, 0.6) is 0 Å². The normalized spacial score (nSPS) is 18.3. The molecule has 0 bridgehead atoms. The highest BCUT2D eigenvalue weighted by Crippen LogP contribution is 2.41. The van der Waals surface area contributed by atoms with Gasteiger partial charge >= 0.3 is 6.43 Å². The number of anilines is 1. The Balaban J connectivity index is 1.54. The number of alkyl halides is 3. The van der Waals surface area contributed by atoms with E-state index in [-0.39, 0.29) is 33.9 Å². The first-order chi connectivity index (χ1) is 16.7. The summed E-state index contributed by atoms with van der Waals surface area (Å²) in [5.74, 6) is -3.32. The number of hydrogen-bond acceptors (Lipinski definition) is 4. The van der Waals surface area contributed by atoms with Crippen LogP contribution in [-0.2, 0) is 9.59 Å². The number of amides is 2. The first kappa shape index (κ1) is 23.1. The van der Waals surface area contributed by atoms with Crippen LogP contribution in [-0.4, -0.2) is 44.2 Å². The van der Waals surface area contributed by atoms with E-state index in [1.54, 1.807) is 24.4 Å². The highest BCUT2D eigenvalue weighted by atomic mass is 35.5. The van der Waals surface area contributed by atoms with E-state index in [0.717, 1.165) is 0 Å². The van der Waals surface area contributed by atoms with Crippen molar-refractivity contribution in [3.05, 3.63) is 47.0 Å². The van der Waals surface area contributed by atoms with Crippen molar-refractivity contribution in [2.75, 3.05) is 5.32 Å². The molecule has 1 unspecified atom stereocenters. The van der Waals surface area contributed by atoms with E-state index in [4.69, 9.17) is 11.6 Å². The van der Waals surface area contributed by atoms with E-state index in [2.05, 4.69) is 25.9 Å². The Hall–Kier alpha value is -3.67. The van der Waals surface area contributed by atoms with Crippen molar-refractivity contribution in [3.8, 4) is 11.1 Å². The molecule has 182 valence electrons. The Kier molecular flexibility index (Phi) is 5.62. The van der Waals surface area contributed by atoms with Gasteiger partial charge in [0.1, 0.15) is 12.0 Å². The maximum absolute atomic E-state index is 15.4. The van der Waals surface area contributed by atoms with Gasteiger partial charge in [0.2, 0.25) is 5.91 Å². The smallest absolute Gasteiger partial charge is 0.315 e. The van der Waals surface area contributed by atoms with Gasteiger partial charge in [-0.25, -0.2) is 13.3 Å². The average Bonchev–Trinajstić information content (AvgIpc) is 3.17. The van der Waals surface area contributed by atoms with Gasteiger partial charge in [-0.15, -0.1) is 0 Å². The van der Waals surface area contributed by atoms with E-state index >= 15 is 4.39 Å². The van der Waals surface area contributed by atoms with Gasteiger partial charge in [-0.1, -0.05) is 11.6 Å². The van der Waals surface area contributed by atoms with Crippen LogP contribution in [0.4, 0.5) is 23.4 Å². The summed E-state index contributed by atoms with van der Waals surface area (Å²) in [5, 5.41) is 15.6. The lowest BCUT2D eigenvalue weighted by atomic mass is 9.96. The quantitative estimate of drug-likeness (QED) is 0.336. The van der Waals surface area contributed by atoms with Crippen molar-refractivity contribution < 1.29 is 27.2 Å². The molecule has 3 aromatic heterocycles. The molecule has 0 saturated heterocycles. The summed E-state index contributed by atoms with van der Waals surface area (Å²) < 4.78 is 55.4. The lowest BCUT2D eigenvalue weighted by Crippen LogP contribution is -2.32. The summed E-state index contributed by atoms with van der Waals surface area (Å²) in [6.07, 6.45) is -1.21. The van der Waals surface area contributed by atoms with Gasteiger partial charge in [0.15, 0.2) is 5.82 Å². The van der Waals surface area contributed by atoms with Gasteiger partial charge in [0.05, 0.1) is 34.2 Å². The number of hydrogen-bond donors (Lipinski definition) is 3. The second kappa shape index (κ2) is 8.52. The standard InChI is InChI=1S/C22H17ClF4N6O2/c1-8(29-22(35)20(26)27)15-18(25)17(23)16(12-7-28-31-19(12)15)9-2-3-33-10(4-9)5-14(32-33)30-21(34)11-6-13(11)24/h2-5,7-8,11,13,20H,6H2,1H3,(H,28,31)(H,29,35)(H,30,32,34)/t8?,11-,13+/m1/s1. The van der Waals surface area contributed by atoms with Crippen LogP contribution in [0.25, 0.3) is 27.5 Å². The molecule has 5 rings (SSSR count). The van der Waals surface area contributed by atoms with Gasteiger partial charge in [-0.05, 0) is 31.0 Å². The molecule has 1 aliphatic carbocycles. The summed E-state index contributed by atoms with van der Waals surface area (Å²) in [6.45, 7) is 1.36. The van der Waals surface area contributed by atoms with E-state index in [1.807, 2.05) is 0 Å². The van der Waals surface area contributed by atoms with Crippen molar-refractivity contribution in [1.82, 2.24) is 25.1 Å². The number of aromatic nitrogens is 4. The fourth-order valence-corrected chi connectivity index (χ4v) is 4.35. The van der Waals surface area contributed by atoms with Crippen molar-refractivity contribution in [1.29, 1.82) is 0 Å². The lowest BCUT2D eigenvalue weighted by molar-refractivity contribution is -0.132. The first-order valence-electron chi connectivity index (χ1n) is 10.5. The van der Waals surface area contributed by atoms with Crippen molar-refractivity contribution in [2.24, 2.45) is 5.92 Å². The number of H-pyrrole nitrogens is 1. The van der Waals surface area contributed by atoms with Crippen LogP contribution >= 0.6 is 11.6 Å². The van der Waals surface area contributed by atoms with Gasteiger partial charge in [-0.2, -0.15) is 19.0 Å². The third-order valence-corrected chi connectivity index (χ3v) is 6.22. The molecule has 1 saturated carbocycles. The molecule has 13 heteroatoms. The SMILES string of the molecule is CC(NC(=O)C(F)F)c1c(F)c(Cl)c(-c2ccn3nc(NC(=O)[C@@H]4C[C@@H]4F)cc3c2)c2cn[nH]c12. The van der Waals surface area contributed by atoms with Crippen LogP contribution in [0, 0.1) is 11.7 Å². The largest absolute Gasteiger partial charge is 0.344 e. The molecule has 35 heavy (non-hydrogen) atoms. The van der Waals surface area contributed by atoms with E-state index in [0.29, 0.717) is 16.5 Å². The molecular weight excluding hydrogens is 492 g/mol. The monoisotopic (exact) mass is 508 g/mol. The Bertz CT molecular complexity index is 1490. The number of nitrogens with zero attached hydrogens (tertiary/aromatic N) is 3. The third kappa shape index (κ3) is 4.07. The number of halogens is 5. The summed E-state index contributed by atoms with van der Waals surface area (Å²) in [5.41, 5.74) is 1.40. The van der Waals surface area contributed by atoms with Gasteiger partial charge in [-0.3, -0.25) is 14.7 Å². The highest BCUT2D eigenvalue weighted by molar-refractivity contribution is 6.35. The minimum Gasteiger partial charge on any atom is -0.344 e. The minimum atomic E-state index is -3.26. The minimum absolute atomic E-state index is 0.109.